The average Bonchev–Trinajstić information content (AvgIpc) is 3.46. The fourth-order valence-corrected chi connectivity index (χ4v) is 5.22. The number of piperidine rings is 1. The van der Waals surface area contributed by atoms with Crippen molar-refractivity contribution < 1.29 is 0 Å². The number of rotatable bonds is 4. The van der Waals surface area contributed by atoms with Crippen molar-refractivity contribution in [1.82, 2.24) is 9.88 Å². The normalized spacial score (nSPS) is 23.0. The fraction of sp³-hybridized carbons (Fsp3) is 0.385. The van der Waals surface area contributed by atoms with Crippen LogP contribution in [-0.2, 0) is 6.54 Å². The highest BCUT2D eigenvalue weighted by Crippen LogP contribution is 2.47. The van der Waals surface area contributed by atoms with Crippen LogP contribution < -0.4 is 0 Å². The zero-order valence-electron chi connectivity index (χ0n) is 16.6. The van der Waals surface area contributed by atoms with Gasteiger partial charge in [-0.3, -0.25) is 4.90 Å². The maximum absolute atomic E-state index is 5.92. The van der Waals surface area contributed by atoms with E-state index >= 15 is 0 Å². The first-order valence-electron chi connectivity index (χ1n) is 10.6. The van der Waals surface area contributed by atoms with Gasteiger partial charge in [0.25, 0.3) is 0 Å². The smallest absolute Gasteiger partial charge is 0.0487 e. The Hall–Kier alpha value is -2.50. The van der Waals surface area contributed by atoms with E-state index in [0.717, 1.165) is 30.5 Å². The molecule has 1 aliphatic carbocycles. The van der Waals surface area contributed by atoms with E-state index in [1.54, 1.807) is 0 Å². The molecule has 2 heteroatoms. The molecule has 0 bridgehead atoms. The molecule has 0 amide bonds. The SMILES string of the molecule is C#Cc1cc(C)c2[nH]ccc2c1CN1CCC(C2CC2)CC1c1ccccc1. The molecule has 2 heterocycles. The van der Waals surface area contributed by atoms with Crippen molar-refractivity contribution in [1.29, 1.82) is 0 Å². The Morgan fingerprint density at radius 3 is 2.68 bits per heavy atom. The fourth-order valence-electron chi connectivity index (χ4n) is 5.22. The molecule has 1 aromatic heterocycles. The predicted molar refractivity (Wildman–Crippen MR) is 116 cm³/mol. The van der Waals surface area contributed by atoms with Crippen molar-refractivity contribution in [3.63, 3.8) is 0 Å². The number of H-pyrrole nitrogens is 1. The van der Waals surface area contributed by atoms with E-state index in [4.69, 9.17) is 6.42 Å². The molecule has 0 radical (unpaired) electrons. The quantitative estimate of drug-likeness (QED) is 0.575. The number of aromatic amines is 1. The molecule has 2 nitrogen and oxygen atoms in total. The first kappa shape index (κ1) is 17.6. The number of benzene rings is 2. The van der Waals surface area contributed by atoms with Crippen LogP contribution >= 0.6 is 0 Å². The Bertz CT molecular complexity index is 1020. The zero-order valence-corrected chi connectivity index (χ0v) is 16.6. The number of aryl methyl sites for hydroxylation is 1. The average molecular weight is 369 g/mol. The van der Waals surface area contributed by atoms with Crippen LogP contribution in [0.2, 0.25) is 0 Å². The third kappa shape index (κ3) is 3.15. The topological polar surface area (TPSA) is 19.0 Å². The molecule has 2 unspecified atom stereocenters. The highest BCUT2D eigenvalue weighted by atomic mass is 15.2. The van der Waals surface area contributed by atoms with Crippen LogP contribution in [0.5, 0.6) is 0 Å². The van der Waals surface area contributed by atoms with Gasteiger partial charge in [0.15, 0.2) is 0 Å². The van der Waals surface area contributed by atoms with Crippen molar-refractivity contribution in [2.75, 3.05) is 6.54 Å². The van der Waals surface area contributed by atoms with Gasteiger partial charge in [-0.15, -0.1) is 6.42 Å². The lowest BCUT2D eigenvalue weighted by Crippen LogP contribution is -2.37. The second-order valence-corrected chi connectivity index (χ2v) is 8.65. The summed E-state index contributed by atoms with van der Waals surface area (Å²) in [6.07, 6.45) is 13.4. The van der Waals surface area contributed by atoms with E-state index in [-0.39, 0.29) is 0 Å². The van der Waals surface area contributed by atoms with Crippen molar-refractivity contribution >= 4 is 10.9 Å². The van der Waals surface area contributed by atoms with Crippen molar-refractivity contribution in [3.05, 3.63) is 70.9 Å². The molecule has 142 valence electrons. The van der Waals surface area contributed by atoms with Crippen molar-refractivity contribution in [2.24, 2.45) is 11.8 Å². The maximum atomic E-state index is 5.92. The van der Waals surface area contributed by atoms with Gasteiger partial charge in [0.05, 0.1) is 0 Å². The van der Waals surface area contributed by atoms with Crippen LogP contribution in [0.4, 0.5) is 0 Å². The first-order valence-corrected chi connectivity index (χ1v) is 10.6. The van der Waals surface area contributed by atoms with Gasteiger partial charge in [0.2, 0.25) is 0 Å². The number of terminal acetylenes is 1. The summed E-state index contributed by atoms with van der Waals surface area (Å²) < 4.78 is 0. The second kappa shape index (κ2) is 7.15. The van der Waals surface area contributed by atoms with Gasteiger partial charge < -0.3 is 4.98 Å². The van der Waals surface area contributed by atoms with Crippen molar-refractivity contribution in [2.45, 2.75) is 45.2 Å². The Labute approximate surface area is 168 Å². The lowest BCUT2D eigenvalue weighted by Gasteiger charge is -2.40. The summed E-state index contributed by atoms with van der Waals surface area (Å²) in [6, 6.07) is 15.9. The largest absolute Gasteiger partial charge is 0.361 e. The number of likely N-dealkylation sites (tertiary alicyclic amines) is 1. The highest BCUT2D eigenvalue weighted by molar-refractivity contribution is 5.88. The summed E-state index contributed by atoms with van der Waals surface area (Å²) in [5.41, 5.74) is 6.24. The van der Waals surface area contributed by atoms with Gasteiger partial charge in [-0.1, -0.05) is 36.3 Å². The van der Waals surface area contributed by atoms with Gasteiger partial charge in [-0.25, -0.2) is 0 Å². The molecular weight excluding hydrogens is 340 g/mol. The lowest BCUT2D eigenvalue weighted by molar-refractivity contribution is 0.0961. The first-order chi connectivity index (χ1) is 13.7. The molecule has 1 saturated carbocycles. The summed E-state index contributed by atoms with van der Waals surface area (Å²) in [5, 5.41) is 1.28. The van der Waals surface area contributed by atoms with Gasteiger partial charge in [0, 0.05) is 35.2 Å². The van der Waals surface area contributed by atoms with Crippen LogP contribution in [0.1, 0.15) is 54.0 Å². The molecule has 0 spiro atoms. The maximum Gasteiger partial charge on any atom is 0.0487 e. The van der Waals surface area contributed by atoms with Gasteiger partial charge in [0.1, 0.15) is 0 Å². The summed E-state index contributed by atoms with van der Waals surface area (Å²) in [4.78, 5) is 6.08. The number of hydrogen-bond donors (Lipinski definition) is 1. The monoisotopic (exact) mass is 368 g/mol. The molecular formula is C26H28N2. The van der Waals surface area contributed by atoms with E-state index < -0.39 is 0 Å². The third-order valence-corrected chi connectivity index (χ3v) is 6.90. The Morgan fingerprint density at radius 1 is 1.11 bits per heavy atom. The third-order valence-electron chi connectivity index (χ3n) is 6.90. The summed E-state index contributed by atoms with van der Waals surface area (Å²) in [7, 11) is 0. The standard InChI is InChI=1S/C26H28N2/c1-3-19-15-18(2)26-23(11-13-27-26)24(19)17-28-14-12-22(20-9-10-20)16-25(28)21-7-5-4-6-8-21/h1,4-8,11,13,15,20,22,25,27H,9-10,12,14,16-17H2,2H3. The Morgan fingerprint density at radius 2 is 1.93 bits per heavy atom. The van der Waals surface area contributed by atoms with Crippen LogP contribution in [0.3, 0.4) is 0 Å². The van der Waals surface area contributed by atoms with Gasteiger partial charge in [-0.05, 0) is 79.8 Å². The molecule has 2 atom stereocenters. The minimum absolute atomic E-state index is 0.487. The molecule has 1 aliphatic heterocycles. The lowest BCUT2D eigenvalue weighted by atomic mass is 9.83. The molecule has 2 fully saturated rings. The minimum atomic E-state index is 0.487. The van der Waals surface area contributed by atoms with E-state index in [1.165, 1.54) is 53.3 Å². The van der Waals surface area contributed by atoms with E-state index in [2.05, 4.69) is 65.2 Å². The van der Waals surface area contributed by atoms with Gasteiger partial charge >= 0.3 is 0 Å². The molecule has 3 aromatic rings. The summed E-state index contributed by atoms with van der Waals surface area (Å²) in [5.74, 6) is 4.82. The molecule has 28 heavy (non-hydrogen) atoms. The predicted octanol–water partition coefficient (Wildman–Crippen LogP) is 5.82. The number of aromatic nitrogens is 1. The number of hydrogen-bond acceptors (Lipinski definition) is 1. The van der Waals surface area contributed by atoms with Crippen LogP contribution in [0.25, 0.3) is 10.9 Å². The molecule has 5 rings (SSSR count). The van der Waals surface area contributed by atoms with Gasteiger partial charge in [-0.2, -0.15) is 0 Å². The van der Waals surface area contributed by atoms with Crippen LogP contribution in [-0.4, -0.2) is 16.4 Å². The molecule has 1 saturated heterocycles. The number of fused-ring (bicyclic) bond motifs is 1. The molecule has 2 aliphatic rings. The Kier molecular flexibility index (Phi) is 4.49. The summed E-state index contributed by atoms with van der Waals surface area (Å²) in [6.45, 7) is 4.22. The summed E-state index contributed by atoms with van der Waals surface area (Å²) >= 11 is 0. The second-order valence-electron chi connectivity index (χ2n) is 8.65. The Balaban J connectivity index is 1.51. The minimum Gasteiger partial charge on any atom is -0.361 e. The van der Waals surface area contributed by atoms with Crippen molar-refractivity contribution in [3.8, 4) is 12.3 Å². The molecule has 2 aromatic carbocycles. The zero-order chi connectivity index (χ0) is 19.1. The highest BCUT2D eigenvalue weighted by Gasteiger charge is 2.38. The number of nitrogens with one attached hydrogen (secondary N) is 1. The van der Waals surface area contributed by atoms with E-state index in [1.807, 2.05) is 6.20 Å². The number of nitrogens with zero attached hydrogens (tertiary/aromatic N) is 1. The van der Waals surface area contributed by atoms with Crippen LogP contribution in [0.15, 0.2) is 48.7 Å². The van der Waals surface area contributed by atoms with Crippen LogP contribution in [0, 0.1) is 31.1 Å². The molecule has 1 N–H and O–H groups in total. The van der Waals surface area contributed by atoms with E-state index in [9.17, 15) is 0 Å². The van der Waals surface area contributed by atoms with E-state index in [0.29, 0.717) is 6.04 Å².